The van der Waals surface area contributed by atoms with Gasteiger partial charge in [-0.25, -0.2) is 9.97 Å². The van der Waals surface area contributed by atoms with E-state index in [1.807, 2.05) is 24.7 Å². The van der Waals surface area contributed by atoms with E-state index in [4.69, 9.17) is 4.98 Å². The molecule has 2 N–H and O–H groups in total. The number of rotatable bonds is 8. The van der Waals surface area contributed by atoms with Gasteiger partial charge in [-0.3, -0.25) is 9.88 Å². The smallest absolute Gasteiger partial charge is 0.180 e. The molecule has 2 aliphatic heterocycles. The van der Waals surface area contributed by atoms with Gasteiger partial charge in [-0.05, 0) is 83.4 Å². The molecule has 40 heavy (non-hydrogen) atoms. The summed E-state index contributed by atoms with van der Waals surface area (Å²) in [5, 5.41) is 3.82. The second-order valence-corrected chi connectivity index (χ2v) is 12.5. The normalized spacial score (nSPS) is 19.4. The van der Waals surface area contributed by atoms with Crippen LogP contribution in [0.1, 0.15) is 31.2 Å². The van der Waals surface area contributed by atoms with E-state index in [1.54, 1.807) is 0 Å². The summed E-state index contributed by atoms with van der Waals surface area (Å²) in [5.41, 5.74) is 6.41. The van der Waals surface area contributed by atoms with E-state index in [0.29, 0.717) is 6.04 Å². The van der Waals surface area contributed by atoms with E-state index < -0.39 is 0 Å². The summed E-state index contributed by atoms with van der Waals surface area (Å²) in [4.78, 5) is 24.9. The van der Waals surface area contributed by atoms with Crippen LogP contribution in [-0.2, 0) is 6.54 Å². The van der Waals surface area contributed by atoms with Crippen LogP contribution in [-0.4, -0.2) is 81.6 Å². The van der Waals surface area contributed by atoms with Gasteiger partial charge in [0.1, 0.15) is 11.3 Å². The third-order valence-electron chi connectivity index (χ3n) is 8.63. The van der Waals surface area contributed by atoms with E-state index in [1.165, 1.54) is 56.6 Å². The van der Waals surface area contributed by atoms with Crippen molar-refractivity contribution in [3.05, 3.63) is 65.0 Å². The van der Waals surface area contributed by atoms with Gasteiger partial charge < -0.3 is 20.1 Å². The molecular weight excluding hydrogens is 564 g/mol. The van der Waals surface area contributed by atoms with E-state index in [2.05, 4.69) is 81.2 Å². The van der Waals surface area contributed by atoms with E-state index >= 15 is 0 Å². The minimum atomic E-state index is 0.466. The third kappa shape index (κ3) is 5.87. The van der Waals surface area contributed by atoms with Crippen molar-refractivity contribution in [1.29, 1.82) is 0 Å². The van der Waals surface area contributed by atoms with Gasteiger partial charge in [-0.1, -0.05) is 6.07 Å². The zero-order chi connectivity index (χ0) is 26.9. The van der Waals surface area contributed by atoms with Crippen molar-refractivity contribution < 1.29 is 0 Å². The number of aromatic amines is 1. The molecule has 0 spiro atoms. The van der Waals surface area contributed by atoms with Gasteiger partial charge in [0, 0.05) is 88.2 Å². The number of piperazine rings is 1. The molecular formula is C31H37BrN8. The Labute approximate surface area is 244 Å². The maximum atomic E-state index is 4.86. The van der Waals surface area contributed by atoms with Crippen LogP contribution in [0.3, 0.4) is 0 Å². The standard InChI is InChI=1S/C31H37BrN8/c32-27-19-34-31-29(28(27)35-25-9-12-38(13-10-25)20-22-3-4-22)36-30(37-31)24-5-7-26(8-6-24)40-16-14-39(15-17-40)21-23-2-1-11-33-18-23/h1-2,5-8,11,18-19,22,25H,3-4,9-10,12-17,20-21H2,(H2,34,35,36,37). The van der Waals surface area contributed by atoms with Gasteiger partial charge in [0.15, 0.2) is 5.65 Å². The Hall–Kier alpha value is -3.01. The first-order valence-electron chi connectivity index (χ1n) is 14.7. The van der Waals surface area contributed by atoms with Gasteiger partial charge in [0.2, 0.25) is 0 Å². The number of likely N-dealkylation sites (tertiary alicyclic amines) is 1. The molecule has 5 heterocycles. The molecule has 0 atom stereocenters. The van der Waals surface area contributed by atoms with E-state index in [9.17, 15) is 0 Å². The highest BCUT2D eigenvalue weighted by Crippen LogP contribution is 2.34. The first-order chi connectivity index (χ1) is 19.7. The number of pyridine rings is 2. The quantitative estimate of drug-likeness (QED) is 0.281. The Kier molecular flexibility index (Phi) is 7.43. The van der Waals surface area contributed by atoms with Crippen LogP contribution in [0.5, 0.6) is 0 Å². The molecule has 8 nitrogen and oxygen atoms in total. The summed E-state index contributed by atoms with van der Waals surface area (Å²) in [7, 11) is 0. The number of anilines is 2. The molecule has 9 heteroatoms. The number of hydrogen-bond donors (Lipinski definition) is 2. The molecule has 0 bridgehead atoms. The Morgan fingerprint density at radius 3 is 2.42 bits per heavy atom. The van der Waals surface area contributed by atoms with Crippen LogP contribution in [0.2, 0.25) is 0 Å². The highest BCUT2D eigenvalue weighted by atomic mass is 79.9. The number of hydrogen-bond acceptors (Lipinski definition) is 7. The summed E-state index contributed by atoms with van der Waals surface area (Å²) < 4.78 is 0.980. The molecule has 3 aliphatic rings. The molecule has 4 aromatic rings. The highest BCUT2D eigenvalue weighted by Gasteiger charge is 2.27. The van der Waals surface area contributed by atoms with E-state index in [-0.39, 0.29) is 0 Å². The minimum absolute atomic E-state index is 0.466. The average molecular weight is 602 g/mol. The number of benzene rings is 1. The van der Waals surface area contributed by atoms with Gasteiger partial charge >= 0.3 is 0 Å². The van der Waals surface area contributed by atoms with Gasteiger partial charge in [-0.15, -0.1) is 0 Å². The molecule has 0 amide bonds. The second kappa shape index (κ2) is 11.5. The molecule has 1 aromatic carbocycles. The summed E-state index contributed by atoms with van der Waals surface area (Å²) in [5.74, 6) is 1.82. The lowest BCUT2D eigenvalue weighted by molar-refractivity contribution is 0.211. The van der Waals surface area contributed by atoms with Gasteiger partial charge in [0.05, 0.1) is 10.2 Å². The summed E-state index contributed by atoms with van der Waals surface area (Å²) in [6.45, 7) is 8.77. The molecule has 208 valence electrons. The van der Waals surface area contributed by atoms with Crippen LogP contribution in [0.4, 0.5) is 11.4 Å². The number of fused-ring (bicyclic) bond motifs is 1. The fourth-order valence-electron chi connectivity index (χ4n) is 6.09. The number of imidazole rings is 1. The second-order valence-electron chi connectivity index (χ2n) is 11.6. The van der Waals surface area contributed by atoms with Crippen molar-refractivity contribution >= 4 is 38.5 Å². The molecule has 7 rings (SSSR count). The molecule has 3 aromatic heterocycles. The summed E-state index contributed by atoms with van der Waals surface area (Å²) >= 11 is 3.74. The topological polar surface area (TPSA) is 76.2 Å². The Morgan fingerprint density at radius 2 is 1.70 bits per heavy atom. The fourth-order valence-corrected chi connectivity index (χ4v) is 6.50. The lowest BCUT2D eigenvalue weighted by Crippen LogP contribution is -2.45. The predicted molar refractivity (Wildman–Crippen MR) is 165 cm³/mol. The molecule has 1 aliphatic carbocycles. The SMILES string of the molecule is Brc1cnc2nc(-c3ccc(N4CCN(Cc5cccnc5)CC4)cc3)[nH]c2c1NC1CCN(CC2CC2)CC1. The molecule has 2 saturated heterocycles. The van der Waals surface area contributed by atoms with Crippen LogP contribution in [0.25, 0.3) is 22.6 Å². The first kappa shape index (κ1) is 25.9. The van der Waals surface area contributed by atoms with Crippen molar-refractivity contribution in [2.75, 3.05) is 56.0 Å². The summed E-state index contributed by atoms with van der Waals surface area (Å²) in [6.07, 6.45) is 10.9. The van der Waals surface area contributed by atoms with Crippen LogP contribution in [0, 0.1) is 5.92 Å². The Bertz CT molecular complexity index is 1420. The Balaban J connectivity index is 0.999. The first-order valence-corrected chi connectivity index (χ1v) is 15.5. The van der Waals surface area contributed by atoms with Crippen LogP contribution >= 0.6 is 15.9 Å². The molecule has 1 saturated carbocycles. The Morgan fingerprint density at radius 1 is 0.900 bits per heavy atom. The van der Waals surface area contributed by atoms with Crippen molar-refractivity contribution in [2.45, 2.75) is 38.3 Å². The van der Waals surface area contributed by atoms with Gasteiger partial charge in [0.25, 0.3) is 0 Å². The number of piperidine rings is 1. The van der Waals surface area contributed by atoms with Crippen molar-refractivity contribution in [3.8, 4) is 11.4 Å². The number of halogens is 1. The fraction of sp³-hybridized carbons (Fsp3) is 0.452. The number of aromatic nitrogens is 4. The molecule has 3 fully saturated rings. The molecule has 0 radical (unpaired) electrons. The lowest BCUT2D eigenvalue weighted by Gasteiger charge is -2.36. The highest BCUT2D eigenvalue weighted by molar-refractivity contribution is 9.10. The molecule has 0 unspecified atom stereocenters. The third-order valence-corrected chi connectivity index (χ3v) is 9.23. The maximum absolute atomic E-state index is 4.86. The maximum Gasteiger partial charge on any atom is 0.180 e. The average Bonchev–Trinajstić information content (AvgIpc) is 3.71. The number of nitrogens with one attached hydrogen (secondary N) is 2. The number of H-pyrrole nitrogens is 1. The van der Waals surface area contributed by atoms with Gasteiger partial charge in [-0.2, -0.15) is 0 Å². The minimum Gasteiger partial charge on any atom is -0.379 e. The zero-order valence-electron chi connectivity index (χ0n) is 22.9. The monoisotopic (exact) mass is 600 g/mol. The largest absolute Gasteiger partial charge is 0.379 e. The predicted octanol–water partition coefficient (Wildman–Crippen LogP) is 5.39. The van der Waals surface area contributed by atoms with Crippen molar-refractivity contribution in [3.63, 3.8) is 0 Å². The van der Waals surface area contributed by atoms with Crippen LogP contribution in [0.15, 0.2) is 59.5 Å². The number of nitrogens with zero attached hydrogens (tertiary/aromatic N) is 6. The van der Waals surface area contributed by atoms with Crippen LogP contribution < -0.4 is 10.2 Å². The van der Waals surface area contributed by atoms with Crippen molar-refractivity contribution in [2.24, 2.45) is 5.92 Å². The van der Waals surface area contributed by atoms with Crippen molar-refractivity contribution in [1.82, 2.24) is 29.7 Å². The van der Waals surface area contributed by atoms with E-state index in [0.717, 1.165) is 71.4 Å². The summed E-state index contributed by atoms with van der Waals surface area (Å²) in [6, 6.07) is 13.4. The zero-order valence-corrected chi connectivity index (χ0v) is 24.5. The lowest BCUT2D eigenvalue weighted by atomic mass is 10.0.